The fourth-order valence-corrected chi connectivity index (χ4v) is 6.42. The molecule has 0 radical (unpaired) electrons. The normalized spacial score (nSPS) is 11.0. The largest absolute Gasteiger partial charge is 0.481 e. The fraction of sp³-hybridized carbons (Fsp3) is 0.364. The minimum absolute atomic E-state index is 0.00526. The first kappa shape index (κ1) is 44.6. The van der Waals surface area contributed by atoms with Crippen LogP contribution in [0.5, 0.6) is 0 Å². The summed E-state index contributed by atoms with van der Waals surface area (Å²) in [5.41, 5.74) is 4.28. The highest BCUT2D eigenvalue weighted by atomic mass is 16.4. The molecule has 0 fully saturated rings. The van der Waals surface area contributed by atoms with Gasteiger partial charge in [0.2, 0.25) is 5.91 Å². The van der Waals surface area contributed by atoms with Gasteiger partial charge in [0.1, 0.15) is 5.82 Å². The zero-order chi connectivity index (χ0) is 42.0. The van der Waals surface area contributed by atoms with Crippen LogP contribution < -0.4 is 16.0 Å². The molecule has 0 saturated carbocycles. The van der Waals surface area contributed by atoms with Crippen LogP contribution in [-0.4, -0.2) is 99.1 Å². The van der Waals surface area contributed by atoms with Crippen molar-refractivity contribution in [2.24, 2.45) is 0 Å². The number of carbonyl (C=O) groups is 5. The van der Waals surface area contributed by atoms with Gasteiger partial charge in [-0.1, -0.05) is 50.2 Å². The number of hydrogen-bond acceptors (Lipinski definition) is 9. The van der Waals surface area contributed by atoms with E-state index in [2.05, 4.69) is 39.7 Å². The van der Waals surface area contributed by atoms with E-state index < -0.39 is 23.8 Å². The SMILES string of the molecule is CCC(CC)N(CCN(C)C(=O)CCC(=O)O)Cc1cccc(C(=O)Nc2ccc(NCCCO)nc2C(=O)Nc2ccc(CCc3ccc(C(=O)O)cc3)cc2)c1. The zero-order valence-corrected chi connectivity index (χ0v) is 33.4. The van der Waals surface area contributed by atoms with Crippen molar-refractivity contribution in [1.82, 2.24) is 14.8 Å². The van der Waals surface area contributed by atoms with E-state index in [0.29, 0.717) is 62.5 Å². The molecular weight excluding hydrogens is 741 g/mol. The van der Waals surface area contributed by atoms with Crippen molar-refractivity contribution in [2.45, 2.75) is 71.4 Å². The molecule has 0 aliphatic heterocycles. The number of aliphatic hydroxyl groups is 1. The van der Waals surface area contributed by atoms with Gasteiger partial charge < -0.3 is 36.2 Å². The van der Waals surface area contributed by atoms with Crippen LogP contribution in [-0.2, 0) is 29.0 Å². The monoisotopic (exact) mass is 794 g/mol. The number of amides is 3. The Morgan fingerprint density at radius 2 is 1.41 bits per heavy atom. The van der Waals surface area contributed by atoms with Crippen LogP contribution in [0.3, 0.4) is 0 Å². The molecule has 4 aromatic rings. The molecule has 4 rings (SSSR count). The standard InChI is InChI=1S/C44H54N6O8/c1-4-36(5-2)50(26-25-49(3)39(52)22-23-40(53)54)29-32-8-6-9-34(28-32)42(55)47-37-20-21-38(45-24-7-27-51)48-41(37)43(56)46-35-18-14-31(15-19-35)11-10-30-12-16-33(17-13-30)44(57)58/h6,8-9,12-21,28,36,51H,4-5,7,10-11,22-27,29H2,1-3H3,(H,45,48)(H,46,56)(H,47,55)(H,53,54)(H,57,58). The first-order valence-corrected chi connectivity index (χ1v) is 19.6. The summed E-state index contributed by atoms with van der Waals surface area (Å²) < 4.78 is 0. The maximum atomic E-state index is 13.7. The Morgan fingerprint density at radius 3 is 2.03 bits per heavy atom. The summed E-state index contributed by atoms with van der Waals surface area (Å²) in [7, 11) is 1.67. The first-order chi connectivity index (χ1) is 27.9. The van der Waals surface area contributed by atoms with E-state index in [1.165, 1.54) is 0 Å². The molecule has 3 amide bonds. The van der Waals surface area contributed by atoms with Crippen molar-refractivity contribution in [3.05, 3.63) is 118 Å². The van der Waals surface area contributed by atoms with Crippen LogP contribution >= 0.6 is 0 Å². The lowest BCUT2D eigenvalue weighted by molar-refractivity contribution is -0.140. The van der Waals surface area contributed by atoms with E-state index in [9.17, 15) is 29.1 Å². The van der Waals surface area contributed by atoms with E-state index in [-0.39, 0.29) is 48.3 Å². The molecule has 14 nitrogen and oxygen atoms in total. The lowest BCUT2D eigenvalue weighted by Crippen LogP contribution is -2.41. The Kier molecular flexibility index (Phi) is 17.4. The topological polar surface area (TPSA) is 202 Å². The van der Waals surface area contributed by atoms with Gasteiger partial charge in [-0.2, -0.15) is 0 Å². The van der Waals surface area contributed by atoms with Crippen molar-refractivity contribution in [3.63, 3.8) is 0 Å². The Morgan fingerprint density at radius 1 is 0.741 bits per heavy atom. The highest BCUT2D eigenvalue weighted by Crippen LogP contribution is 2.22. The number of nitrogens with zero attached hydrogens (tertiary/aromatic N) is 3. The van der Waals surface area contributed by atoms with Gasteiger partial charge in [-0.25, -0.2) is 9.78 Å². The smallest absolute Gasteiger partial charge is 0.335 e. The van der Waals surface area contributed by atoms with Crippen LogP contribution in [0.15, 0.2) is 84.9 Å². The molecule has 1 aromatic heterocycles. The van der Waals surface area contributed by atoms with Crippen LogP contribution in [0.2, 0.25) is 0 Å². The third-order valence-corrected chi connectivity index (χ3v) is 9.85. The molecule has 0 saturated heterocycles. The summed E-state index contributed by atoms with van der Waals surface area (Å²) in [4.78, 5) is 70.4. The predicted octanol–water partition coefficient (Wildman–Crippen LogP) is 6.18. The molecule has 0 unspecified atom stereocenters. The molecule has 308 valence electrons. The number of rotatable bonds is 23. The maximum Gasteiger partial charge on any atom is 0.335 e. The minimum atomic E-state index is -1.01. The van der Waals surface area contributed by atoms with Crippen molar-refractivity contribution >= 4 is 46.9 Å². The summed E-state index contributed by atoms with van der Waals surface area (Å²) in [5.74, 6) is -2.77. The van der Waals surface area contributed by atoms with E-state index in [1.54, 1.807) is 78.7 Å². The van der Waals surface area contributed by atoms with Crippen LogP contribution in [0.25, 0.3) is 0 Å². The Balaban J connectivity index is 1.46. The molecule has 0 bridgehead atoms. The van der Waals surface area contributed by atoms with Gasteiger partial charge in [0.05, 0.1) is 17.7 Å². The number of hydrogen-bond donors (Lipinski definition) is 6. The molecule has 0 aliphatic carbocycles. The van der Waals surface area contributed by atoms with Gasteiger partial charge in [-0.05, 0) is 97.3 Å². The molecule has 0 aliphatic rings. The molecule has 0 spiro atoms. The number of aryl methyl sites for hydroxylation is 2. The molecular formula is C44H54N6O8. The second-order valence-electron chi connectivity index (χ2n) is 14.1. The zero-order valence-electron chi connectivity index (χ0n) is 33.4. The Bertz CT molecular complexity index is 2000. The molecule has 0 atom stereocenters. The number of aromatic nitrogens is 1. The number of likely N-dealkylation sites (N-methyl/N-ethyl adjacent to an activating group) is 1. The van der Waals surface area contributed by atoms with Crippen molar-refractivity contribution in [1.29, 1.82) is 0 Å². The molecule has 14 heteroatoms. The maximum absolute atomic E-state index is 13.7. The number of carboxylic acids is 2. The minimum Gasteiger partial charge on any atom is -0.481 e. The number of aromatic carboxylic acids is 1. The first-order valence-electron chi connectivity index (χ1n) is 19.6. The third kappa shape index (κ3) is 13.8. The molecule has 6 N–H and O–H groups in total. The van der Waals surface area contributed by atoms with E-state index in [1.807, 2.05) is 18.2 Å². The predicted molar refractivity (Wildman–Crippen MR) is 223 cm³/mol. The van der Waals surface area contributed by atoms with Crippen LogP contribution in [0.1, 0.15) is 93.8 Å². The Hall–Kier alpha value is -6.12. The van der Waals surface area contributed by atoms with Gasteiger partial charge in [-0.15, -0.1) is 0 Å². The third-order valence-electron chi connectivity index (χ3n) is 9.85. The average Bonchev–Trinajstić information content (AvgIpc) is 3.22. The average molecular weight is 795 g/mol. The number of anilines is 3. The van der Waals surface area contributed by atoms with E-state index in [4.69, 9.17) is 10.2 Å². The van der Waals surface area contributed by atoms with Gasteiger partial charge >= 0.3 is 11.9 Å². The number of aliphatic carboxylic acids is 1. The fourth-order valence-electron chi connectivity index (χ4n) is 6.42. The summed E-state index contributed by atoms with van der Waals surface area (Å²) in [6, 6.07) is 24.9. The number of benzene rings is 3. The number of carbonyl (C=O) groups excluding carboxylic acids is 3. The molecule has 58 heavy (non-hydrogen) atoms. The summed E-state index contributed by atoms with van der Waals surface area (Å²) in [6.07, 6.45) is 3.40. The number of nitrogens with one attached hydrogen (secondary N) is 3. The quantitative estimate of drug-likeness (QED) is 0.0469. The molecule has 3 aromatic carbocycles. The summed E-state index contributed by atoms with van der Waals surface area (Å²) in [6.45, 7) is 6.13. The van der Waals surface area contributed by atoms with Gasteiger partial charge in [-0.3, -0.25) is 24.1 Å². The molecule has 1 heterocycles. The Labute approximate surface area is 339 Å². The highest BCUT2D eigenvalue weighted by Gasteiger charge is 2.21. The van der Waals surface area contributed by atoms with E-state index >= 15 is 0 Å². The lowest BCUT2D eigenvalue weighted by Gasteiger charge is -2.32. The van der Waals surface area contributed by atoms with Crippen molar-refractivity contribution in [2.75, 3.05) is 49.2 Å². The summed E-state index contributed by atoms with van der Waals surface area (Å²) >= 11 is 0. The van der Waals surface area contributed by atoms with Gasteiger partial charge in [0.15, 0.2) is 5.69 Å². The van der Waals surface area contributed by atoms with Crippen molar-refractivity contribution in [3.8, 4) is 0 Å². The lowest BCUT2D eigenvalue weighted by atomic mass is 10.0. The van der Waals surface area contributed by atoms with Crippen LogP contribution in [0.4, 0.5) is 17.2 Å². The van der Waals surface area contributed by atoms with Gasteiger partial charge in [0.25, 0.3) is 11.8 Å². The van der Waals surface area contributed by atoms with Gasteiger partial charge in [0, 0.05) is 63.5 Å². The number of pyridine rings is 1. The van der Waals surface area contributed by atoms with E-state index in [0.717, 1.165) is 29.5 Å². The van der Waals surface area contributed by atoms with Crippen molar-refractivity contribution < 1.29 is 39.3 Å². The van der Waals surface area contributed by atoms with Crippen LogP contribution in [0, 0.1) is 0 Å². The highest BCUT2D eigenvalue weighted by molar-refractivity contribution is 6.11. The number of aliphatic hydroxyl groups excluding tert-OH is 1. The summed E-state index contributed by atoms with van der Waals surface area (Å²) in [5, 5.41) is 36.2. The number of carboxylic acid groups (broad SMARTS) is 2. The second kappa shape index (κ2) is 22.6. The second-order valence-corrected chi connectivity index (χ2v) is 14.1.